The van der Waals surface area contributed by atoms with Crippen molar-refractivity contribution in [2.75, 3.05) is 32.4 Å². The van der Waals surface area contributed by atoms with Gasteiger partial charge in [-0.25, -0.2) is 13.5 Å². The molecule has 0 N–H and O–H groups in total. The van der Waals surface area contributed by atoms with Gasteiger partial charge in [-0.1, -0.05) is 6.92 Å². The first-order valence-corrected chi connectivity index (χ1v) is 6.65. The van der Waals surface area contributed by atoms with Gasteiger partial charge in [0.2, 0.25) is 10.0 Å². The SMILES string of the molecule is CCC([O])N1CCN(S(C)(=O)=O)CC1. The molecule has 83 valence electrons. The second-order valence-electron chi connectivity index (χ2n) is 3.56. The Labute approximate surface area is 85.4 Å². The van der Waals surface area contributed by atoms with E-state index in [4.69, 9.17) is 0 Å². The minimum absolute atomic E-state index is 0.442. The lowest BCUT2D eigenvalue weighted by Crippen LogP contribution is -2.51. The molecule has 1 aliphatic rings. The summed E-state index contributed by atoms with van der Waals surface area (Å²) in [6.07, 6.45) is 1.09. The van der Waals surface area contributed by atoms with Crippen LogP contribution in [0.2, 0.25) is 0 Å². The lowest BCUT2D eigenvalue weighted by Gasteiger charge is -2.34. The summed E-state index contributed by atoms with van der Waals surface area (Å²) in [6.45, 7) is 3.83. The summed E-state index contributed by atoms with van der Waals surface area (Å²) in [4.78, 5) is 1.79. The zero-order valence-electron chi connectivity index (χ0n) is 8.64. The van der Waals surface area contributed by atoms with E-state index in [2.05, 4.69) is 0 Å². The van der Waals surface area contributed by atoms with Crippen LogP contribution < -0.4 is 0 Å². The van der Waals surface area contributed by atoms with Gasteiger partial charge in [0.15, 0.2) is 0 Å². The maximum atomic E-state index is 11.4. The van der Waals surface area contributed by atoms with Gasteiger partial charge in [-0.15, -0.1) is 0 Å². The molecule has 0 aliphatic carbocycles. The zero-order valence-corrected chi connectivity index (χ0v) is 9.46. The largest absolute Gasteiger partial charge is 0.273 e. The van der Waals surface area contributed by atoms with Crippen molar-refractivity contribution in [3.63, 3.8) is 0 Å². The Morgan fingerprint density at radius 3 is 2.07 bits per heavy atom. The summed E-state index contributed by atoms with van der Waals surface area (Å²) in [5.41, 5.74) is 0. The highest BCUT2D eigenvalue weighted by molar-refractivity contribution is 7.88. The van der Waals surface area contributed by atoms with Gasteiger partial charge in [-0.05, 0) is 6.42 Å². The van der Waals surface area contributed by atoms with E-state index in [0.29, 0.717) is 32.6 Å². The monoisotopic (exact) mass is 221 g/mol. The molecule has 0 aromatic carbocycles. The lowest BCUT2D eigenvalue weighted by molar-refractivity contribution is -0.0623. The number of sulfonamides is 1. The van der Waals surface area contributed by atoms with Crippen LogP contribution in [0, 0.1) is 0 Å². The summed E-state index contributed by atoms with van der Waals surface area (Å²) in [5.74, 6) is 0. The molecule has 1 rings (SSSR count). The van der Waals surface area contributed by atoms with Gasteiger partial charge in [0.1, 0.15) is 6.23 Å². The fraction of sp³-hybridized carbons (Fsp3) is 1.00. The van der Waals surface area contributed by atoms with Crippen molar-refractivity contribution >= 4 is 10.0 Å². The third-order valence-electron chi connectivity index (χ3n) is 2.50. The number of piperazine rings is 1. The third kappa shape index (κ3) is 2.91. The van der Waals surface area contributed by atoms with Crippen LogP contribution in [-0.4, -0.2) is 56.3 Å². The molecule has 0 amide bonds. The maximum Gasteiger partial charge on any atom is 0.211 e. The Balaban J connectivity index is 2.47. The quantitative estimate of drug-likeness (QED) is 0.659. The van der Waals surface area contributed by atoms with Crippen molar-refractivity contribution in [1.29, 1.82) is 0 Å². The molecule has 1 heterocycles. The first-order valence-electron chi connectivity index (χ1n) is 4.80. The predicted octanol–water partition coefficient (Wildman–Crippen LogP) is -0.270. The Bertz CT molecular complexity index is 270. The molecular formula is C8H17N2O3S. The van der Waals surface area contributed by atoms with Crippen molar-refractivity contribution in [3.8, 4) is 0 Å². The fourth-order valence-electron chi connectivity index (χ4n) is 1.58. The summed E-state index contributed by atoms with van der Waals surface area (Å²) in [7, 11) is -3.08. The van der Waals surface area contributed by atoms with Gasteiger partial charge in [0.05, 0.1) is 6.26 Å². The summed E-state index contributed by atoms with van der Waals surface area (Å²) < 4.78 is 23.7. The van der Waals surface area contributed by atoms with E-state index in [-0.39, 0.29) is 0 Å². The van der Waals surface area contributed by atoms with Gasteiger partial charge >= 0.3 is 0 Å². The second-order valence-corrected chi connectivity index (χ2v) is 5.54. The number of rotatable bonds is 3. The van der Waals surface area contributed by atoms with Crippen LogP contribution in [0.5, 0.6) is 0 Å². The second kappa shape index (κ2) is 4.57. The Morgan fingerprint density at radius 2 is 1.71 bits per heavy atom. The fourth-order valence-corrected chi connectivity index (χ4v) is 2.41. The van der Waals surface area contributed by atoms with Crippen molar-refractivity contribution in [3.05, 3.63) is 0 Å². The van der Waals surface area contributed by atoms with Crippen LogP contribution >= 0.6 is 0 Å². The number of hydrogen-bond donors (Lipinski definition) is 0. The predicted molar refractivity (Wildman–Crippen MR) is 52.8 cm³/mol. The molecule has 14 heavy (non-hydrogen) atoms. The van der Waals surface area contributed by atoms with Crippen molar-refractivity contribution < 1.29 is 13.5 Å². The van der Waals surface area contributed by atoms with Gasteiger partial charge in [-0.3, -0.25) is 4.90 Å². The molecule has 0 spiro atoms. The van der Waals surface area contributed by atoms with Gasteiger partial charge in [-0.2, -0.15) is 4.31 Å². The van der Waals surface area contributed by atoms with Crippen LogP contribution in [-0.2, 0) is 15.1 Å². The molecule has 0 aromatic rings. The Hall–Kier alpha value is -0.170. The first-order chi connectivity index (χ1) is 6.45. The van der Waals surface area contributed by atoms with Crippen LogP contribution in [0.25, 0.3) is 0 Å². The first kappa shape index (κ1) is 11.9. The zero-order chi connectivity index (χ0) is 10.8. The summed E-state index contributed by atoms with van der Waals surface area (Å²) >= 11 is 0. The summed E-state index contributed by atoms with van der Waals surface area (Å²) in [6, 6.07) is 0. The van der Waals surface area contributed by atoms with Crippen molar-refractivity contribution in [2.45, 2.75) is 19.6 Å². The minimum Gasteiger partial charge on any atom is -0.273 e. The third-order valence-corrected chi connectivity index (χ3v) is 3.80. The van der Waals surface area contributed by atoms with Crippen LogP contribution in [0.1, 0.15) is 13.3 Å². The molecule has 1 aliphatic heterocycles. The van der Waals surface area contributed by atoms with E-state index < -0.39 is 16.3 Å². The molecule has 1 atom stereocenters. The van der Waals surface area contributed by atoms with Gasteiger partial charge in [0, 0.05) is 26.2 Å². The van der Waals surface area contributed by atoms with Crippen LogP contribution in [0.3, 0.4) is 0 Å². The topological polar surface area (TPSA) is 60.5 Å². The average molecular weight is 221 g/mol. The van der Waals surface area contributed by atoms with Crippen LogP contribution in [0.4, 0.5) is 0 Å². The highest BCUT2D eigenvalue weighted by atomic mass is 32.2. The molecule has 1 fully saturated rings. The summed E-state index contributed by atoms with van der Waals surface area (Å²) in [5, 5.41) is 11.4. The molecule has 0 saturated carbocycles. The average Bonchev–Trinajstić information content (AvgIpc) is 2.15. The smallest absolute Gasteiger partial charge is 0.211 e. The van der Waals surface area contributed by atoms with E-state index in [9.17, 15) is 13.5 Å². The highest BCUT2D eigenvalue weighted by Crippen LogP contribution is 2.09. The van der Waals surface area contributed by atoms with E-state index in [1.165, 1.54) is 10.6 Å². The van der Waals surface area contributed by atoms with Gasteiger partial charge < -0.3 is 0 Å². The van der Waals surface area contributed by atoms with E-state index >= 15 is 0 Å². The number of nitrogens with zero attached hydrogens (tertiary/aromatic N) is 2. The van der Waals surface area contributed by atoms with E-state index in [1.807, 2.05) is 6.92 Å². The molecule has 1 radical (unpaired) electrons. The Morgan fingerprint density at radius 1 is 1.21 bits per heavy atom. The standard InChI is InChI=1S/C8H17N2O3S/c1-3-8(11)9-4-6-10(7-5-9)14(2,12)13/h8H,3-7H2,1-2H3. The number of hydrogen-bond acceptors (Lipinski definition) is 3. The Kier molecular flexibility index (Phi) is 3.88. The lowest BCUT2D eigenvalue weighted by atomic mass is 10.3. The minimum atomic E-state index is -3.08. The molecule has 0 bridgehead atoms. The van der Waals surface area contributed by atoms with Crippen molar-refractivity contribution in [1.82, 2.24) is 9.21 Å². The molecule has 0 aromatic heterocycles. The van der Waals surface area contributed by atoms with Gasteiger partial charge in [0.25, 0.3) is 0 Å². The maximum absolute atomic E-state index is 11.4. The molecule has 6 heteroatoms. The van der Waals surface area contributed by atoms with Crippen molar-refractivity contribution in [2.24, 2.45) is 0 Å². The molecule has 5 nitrogen and oxygen atoms in total. The molecular weight excluding hydrogens is 204 g/mol. The van der Waals surface area contributed by atoms with E-state index in [1.54, 1.807) is 4.90 Å². The van der Waals surface area contributed by atoms with E-state index in [0.717, 1.165) is 0 Å². The molecule has 1 unspecified atom stereocenters. The highest BCUT2D eigenvalue weighted by Gasteiger charge is 2.26. The molecule has 1 saturated heterocycles. The normalized spacial score (nSPS) is 23.6. The van der Waals surface area contributed by atoms with Crippen LogP contribution in [0.15, 0.2) is 0 Å².